The number of rotatable bonds is 9. The quantitative estimate of drug-likeness (QED) is 0.233. The number of methoxy groups -OCH3 is 2. The highest BCUT2D eigenvalue weighted by atomic mass is 127. The van der Waals surface area contributed by atoms with Crippen LogP contribution in [0.25, 0.3) is 0 Å². The van der Waals surface area contributed by atoms with Crippen molar-refractivity contribution >= 4 is 35.8 Å². The van der Waals surface area contributed by atoms with Gasteiger partial charge in [0, 0.05) is 32.6 Å². The van der Waals surface area contributed by atoms with Crippen LogP contribution >= 0.6 is 24.0 Å². The standard InChI is InChI=1S/C20H34N4O3.HI/c1-8-21-20(23-10-9-22-19(25)14(2)3)24(5)13-16-12-18(27-7)17(26-6)11-15(16)4;/h11-12,14H,8-10,13H2,1-7H3,(H,21,23)(H,22,25);1H. The lowest BCUT2D eigenvalue weighted by molar-refractivity contribution is -0.123. The summed E-state index contributed by atoms with van der Waals surface area (Å²) in [7, 11) is 5.26. The number of hydrogen-bond acceptors (Lipinski definition) is 4. The van der Waals surface area contributed by atoms with Crippen molar-refractivity contribution in [2.24, 2.45) is 10.9 Å². The van der Waals surface area contributed by atoms with E-state index in [1.165, 1.54) is 0 Å². The van der Waals surface area contributed by atoms with E-state index >= 15 is 0 Å². The summed E-state index contributed by atoms with van der Waals surface area (Å²) in [6.45, 7) is 10.3. The number of aliphatic imine (C=N–C) groups is 1. The molecule has 1 aromatic carbocycles. The summed E-state index contributed by atoms with van der Waals surface area (Å²) in [5.74, 6) is 2.26. The van der Waals surface area contributed by atoms with Crippen molar-refractivity contribution in [1.82, 2.24) is 15.5 Å². The first-order valence-corrected chi connectivity index (χ1v) is 9.32. The van der Waals surface area contributed by atoms with Gasteiger partial charge in [0.2, 0.25) is 5.91 Å². The lowest BCUT2D eigenvalue weighted by atomic mass is 10.1. The van der Waals surface area contributed by atoms with Crippen molar-refractivity contribution in [3.8, 4) is 11.5 Å². The van der Waals surface area contributed by atoms with Gasteiger partial charge in [0.15, 0.2) is 17.5 Å². The Morgan fingerprint density at radius 2 is 1.79 bits per heavy atom. The minimum Gasteiger partial charge on any atom is -0.493 e. The predicted molar refractivity (Wildman–Crippen MR) is 125 cm³/mol. The number of carbonyl (C=O) groups excluding carboxylic acids is 1. The highest BCUT2D eigenvalue weighted by molar-refractivity contribution is 14.0. The highest BCUT2D eigenvalue weighted by Gasteiger charge is 2.13. The summed E-state index contributed by atoms with van der Waals surface area (Å²) in [6, 6.07) is 3.98. The zero-order valence-electron chi connectivity index (χ0n) is 18.1. The number of aryl methyl sites for hydroxylation is 1. The van der Waals surface area contributed by atoms with Gasteiger partial charge in [-0.3, -0.25) is 9.79 Å². The minimum absolute atomic E-state index is 0. The number of guanidine groups is 1. The second-order valence-electron chi connectivity index (χ2n) is 6.67. The maximum atomic E-state index is 11.6. The van der Waals surface area contributed by atoms with Gasteiger partial charge in [-0.05, 0) is 37.1 Å². The van der Waals surface area contributed by atoms with Gasteiger partial charge in [-0.2, -0.15) is 0 Å². The number of ether oxygens (including phenoxy) is 2. The van der Waals surface area contributed by atoms with E-state index < -0.39 is 0 Å². The molecule has 0 aliphatic rings. The van der Waals surface area contributed by atoms with Crippen LogP contribution in [0.2, 0.25) is 0 Å². The van der Waals surface area contributed by atoms with Crippen molar-refractivity contribution in [2.75, 3.05) is 40.9 Å². The van der Waals surface area contributed by atoms with Gasteiger partial charge in [-0.15, -0.1) is 24.0 Å². The van der Waals surface area contributed by atoms with Crippen LogP contribution in [0.15, 0.2) is 17.1 Å². The fourth-order valence-corrected chi connectivity index (χ4v) is 2.54. The fraction of sp³-hybridized carbons (Fsp3) is 0.600. The van der Waals surface area contributed by atoms with Crippen LogP contribution in [0.3, 0.4) is 0 Å². The number of halogens is 1. The third-order valence-corrected chi connectivity index (χ3v) is 4.14. The van der Waals surface area contributed by atoms with E-state index in [4.69, 9.17) is 9.47 Å². The SMILES string of the molecule is CCNC(=NCCNC(=O)C(C)C)N(C)Cc1cc(OC)c(OC)cc1C.I. The monoisotopic (exact) mass is 506 g/mol. The third-order valence-electron chi connectivity index (χ3n) is 4.14. The van der Waals surface area contributed by atoms with Crippen LogP contribution in [-0.4, -0.2) is 57.7 Å². The van der Waals surface area contributed by atoms with Gasteiger partial charge in [0.05, 0.1) is 20.8 Å². The minimum atomic E-state index is -0.0158. The van der Waals surface area contributed by atoms with Crippen LogP contribution in [-0.2, 0) is 11.3 Å². The van der Waals surface area contributed by atoms with Crippen LogP contribution in [0.5, 0.6) is 11.5 Å². The Morgan fingerprint density at radius 1 is 1.18 bits per heavy atom. The fourth-order valence-electron chi connectivity index (χ4n) is 2.54. The Hall–Kier alpha value is -1.71. The second-order valence-corrected chi connectivity index (χ2v) is 6.67. The molecule has 0 radical (unpaired) electrons. The Kier molecular flexibility index (Phi) is 12.6. The van der Waals surface area contributed by atoms with Crippen molar-refractivity contribution in [2.45, 2.75) is 34.2 Å². The van der Waals surface area contributed by atoms with Crippen LogP contribution in [0, 0.1) is 12.8 Å². The molecule has 160 valence electrons. The van der Waals surface area contributed by atoms with E-state index in [1.807, 2.05) is 40.0 Å². The van der Waals surface area contributed by atoms with Gasteiger partial charge in [0.25, 0.3) is 0 Å². The zero-order valence-corrected chi connectivity index (χ0v) is 20.4. The van der Waals surface area contributed by atoms with Gasteiger partial charge in [-0.25, -0.2) is 0 Å². The molecule has 0 atom stereocenters. The average molecular weight is 506 g/mol. The Bertz CT molecular complexity index is 651. The molecule has 0 saturated heterocycles. The molecule has 7 nitrogen and oxygen atoms in total. The van der Waals surface area contributed by atoms with Crippen LogP contribution in [0.4, 0.5) is 0 Å². The van der Waals surface area contributed by atoms with Gasteiger partial charge < -0.3 is 25.0 Å². The highest BCUT2D eigenvalue weighted by Crippen LogP contribution is 2.30. The molecule has 1 amide bonds. The lowest BCUT2D eigenvalue weighted by Gasteiger charge is -2.23. The Morgan fingerprint density at radius 3 is 2.32 bits per heavy atom. The van der Waals surface area contributed by atoms with Crippen LogP contribution < -0.4 is 20.1 Å². The smallest absolute Gasteiger partial charge is 0.222 e. The summed E-state index contributed by atoms with van der Waals surface area (Å²) < 4.78 is 10.8. The molecule has 0 aromatic heterocycles. The summed E-state index contributed by atoms with van der Waals surface area (Å²) in [5.41, 5.74) is 2.26. The van der Waals surface area contributed by atoms with E-state index in [1.54, 1.807) is 14.2 Å². The molecule has 0 saturated carbocycles. The largest absolute Gasteiger partial charge is 0.493 e. The summed E-state index contributed by atoms with van der Waals surface area (Å²) in [4.78, 5) is 18.3. The van der Waals surface area contributed by atoms with E-state index in [0.717, 1.165) is 29.4 Å². The van der Waals surface area contributed by atoms with E-state index in [9.17, 15) is 4.79 Å². The van der Waals surface area contributed by atoms with E-state index in [-0.39, 0.29) is 35.8 Å². The molecule has 0 aliphatic heterocycles. The van der Waals surface area contributed by atoms with Crippen molar-refractivity contribution < 1.29 is 14.3 Å². The molecule has 28 heavy (non-hydrogen) atoms. The summed E-state index contributed by atoms with van der Waals surface area (Å²) in [6.07, 6.45) is 0. The Balaban J connectivity index is 0.00000729. The predicted octanol–water partition coefficient (Wildman–Crippen LogP) is 2.80. The lowest BCUT2D eigenvalue weighted by Crippen LogP contribution is -2.39. The molecule has 1 rings (SSSR count). The van der Waals surface area contributed by atoms with Gasteiger partial charge in [-0.1, -0.05) is 13.8 Å². The molecule has 0 heterocycles. The van der Waals surface area contributed by atoms with Crippen LogP contribution in [0.1, 0.15) is 31.9 Å². The normalized spacial score (nSPS) is 10.9. The maximum absolute atomic E-state index is 11.6. The molecule has 1 aromatic rings. The van der Waals surface area contributed by atoms with E-state index in [2.05, 4.69) is 27.4 Å². The first kappa shape index (κ1) is 26.3. The molecule has 0 unspecified atom stereocenters. The second kappa shape index (κ2) is 13.5. The van der Waals surface area contributed by atoms with Crippen molar-refractivity contribution in [1.29, 1.82) is 0 Å². The number of amides is 1. The van der Waals surface area contributed by atoms with Crippen molar-refractivity contribution in [3.63, 3.8) is 0 Å². The number of hydrogen-bond donors (Lipinski definition) is 2. The zero-order chi connectivity index (χ0) is 20.4. The molecular formula is C20H35IN4O3. The molecule has 0 aliphatic carbocycles. The first-order valence-electron chi connectivity index (χ1n) is 9.32. The number of carbonyl (C=O) groups is 1. The molecular weight excluding hydrogens is 471 g/mol. The maximum Gasteiger partial charge on any atom is 0.222 e. The summed E-state index contributed by atoms with van der Waals surface area (Å²) in [5, 5.41) is 6.17. The first-order chi connectivity index (χ1) is 12.8. The molecule has 0 bridgehead atoms. The topological polar surface area (TPSA) is 75.2 Å². The molecule has 0 spiro atoms. The average Bonchev–Trinajstić information content (AvgIpc) is 2.64. The van der Waals surface area contributed by atoms with Gasteiger partial charge in [0.1, 0.15) is 0 Å². The third kappa shape index (κ3) is 8.12. The molecule has 0 fully saturated rings. The number of nitrogens with one attached hydrogen (secondary N) is 2. The molecule has 8 heteroatoms. The van der Waals surface area contributed by atoms with Crippen molar-refractivity contribution in [3.05, 3.63) is 23.3 Å². The number of nitrogens with zero attached hydrogens (tertiary/aromatic N) is 2. The van der Waals surface area contributed by atoms with Gasteiger partial charge >= 0.3 is 0 Å². The Labute approximate surface area is 186 Å². The summed E-state index contributed by atoms with van der Waals surface area (Å²) >= 11 is 0. The van der Waals surface area contributed by atoms with E-state index in [0.29, 0.717) is 25.4 Å². The molecule has 2 N–H and O–H groups in total. The number of benzene rings is 1.